The third-order valence-corrected chi connectivity index (χ3v) is 4.06. The number of aromatic nitrogens is 2. The predicted octanol–water partition coefficient (Wildman–Crippen LogP) is 2.26. The van der Waals surface area contributed by atoms with Gasteiger partial charge in [-0.25, -0.2) is 9.97 Å². The van der Waals surface area contributed by atoms with Gasteiger partial charge in [-0.1, -0.05) is 13.3 Å². The Kier molecular flexibility index (Phi) is 5.53. The van der Waals surface area contributed by atoms with Crippen molar-refractivity contribution in [3.63, 3.8) is 0 Å². The number of nitrogens with zero attached hydrogens (tertiary/aromatic N) is 4. The van der Waals surface area contributed by atoms with Crippen molar-refractivity contribution in [2.75, 3.05) is 31.6 Å². The van der Waals surface area contributed by atoms with E-state index in [-0.39, 0.29) is 11.8 Å². The summed E-state index contributed by atoms with van der Waals surface area (Å²) in [6.45, 7) is 6.64. The minimum atomic E-state index is 0.0738. The minimum Gasteiger partial charge on any atom is -0.345 e. The molecule has 5 nitrogen and oxygen atoms in total. The average molecular weight is 290 g/mol. The maximum absolute atomic E-state index is 12.5. The van der Waals surface area contributed by atoms with Crippen molar-refractivity contribution in [1.82, 2.24) is 14.9 Å². The van der Waals surface area contributed by atoms with Gasteiger partial charge < -0.3 is 9.80 Å². The molecular weight excluding hydrogens is 264 g/mol. The Morgan fingerprint density at radius 2 is 2.33 bits per heavy atom. The van der Waals surface area contributed by atoms with Crippen LogP contribution in [0.15, 0.2) is 12.3 Å². The molecule has 0 saturated carbocycles. The maximum atomic E-state index is 12.5. The number of hydrogen-bond acceptors (Lipinski definition) is 4. The van der Waals surface area contributed by atoms with Gasteiger partial charge in [-0.15, -0.1) is 0 Å². The molecule has 1 aliphatic rings. The fourth-order valence-electron chi connectivity index (χ4n) is 2.77. The highest BCUT2D eigenvalue weighted by atomic mass is 16.2. The summed E-state index contributed by atoms with van der Waals surface area (Å²) < 4.78 is 0. The van der Waals surface area contributed by atoms with E-state index >= 15 is 0 Å². The normalized spacial score (nSPS) is 18.6. The minimum absolute atomic E-state index is 0.0738. The Hall–Kier alpha value is -1.65. The molecule has 0 N–H and O–H groups in total. The molecule has 1 aromatic rings. The molecular formula is C16H26N4O. The first-order valence-corrected chi connectivity index (χ1v) is 7.91. The van der Waals surface area contributed by atoms with Crippen molar-refractivity contribution in [3.8, 4) is 0 Å². The zero-order valence-electron chi connectivity index (χ0n) is 13.4. The summed E-state index contributed by atoms with van der Waals surface area (Å²) in [6, 6.07) is 1.90. The Morgan fingerprint density at radius 3 is 3.05 bits per heavy atom. The van der Waals surface area contributed by atoms with Crippen molar-refractivity contribution in [3.05, 3.63) is 18.0 Å². The van der Waals surface area contributed by atoms with E-state index in [4.69, 9.17) is 0 Å². The molecule has 0 radical (unpaired) electrons. The van der Waals surface area contributed by atoms with Gasteiger partial charge in [0, 0.05) is 38.6 Å². The first kappa shape index (κ1) is 15.7. The lowest BCUT2D eigenvalue weighted by atomic mass is 9.96. The molecule has 1 unspecified atom stereocenters. The van der Waals surface area contributed by atoms with Gasteiger partial charge in [0.15, 0.2) is 0 Å². The Morgan fingerprint density at radius 1 is 1.52 bits per heavy atom. The largest absolute Gasteiger partial charge is 0.345 e. The van der Waals surface area contributed by atoms with Gasteiger partial charge in [-0.3, -0.25) is 4.79 Å². The molecule has 1 saturated heterocycles. The maximum Gasteiger partial charge on any atom is 0.227 e. The zero-order valence-corrected chi connectivity index (χ0v) is 13.4. The quantitative estimate of drug-likeness (QED) is 0.834. The number of anilines is 1. The van der Waals surface area contributed by atoms with Crippen LogP contribution < -0.4 is 4.90 Å². The van der Waals surface area contributed by atoms with E-state index in [1.165, 1.54) is 0 Å². The van der Waals surface area contributed by atoms with Crippen LogP contribution >= 0.6 is 0 Å². The number of piperidine rings is 1. The lowest BCUT2D eigenvalue weighted by Gasteiger charge is -2.34. The lowest BCUT2D eigenvalue weighted by Crippen LogP contribution is -2.44. The topological polar surface area (TPSA) is 49.3 Å². The summed E-state index contributed by atoms with van der Waals surface area (Å²) in [6.07, 6.45) is 5.97. The fraction of sp³-hybridized carbons (Fsp3) is 0.688. The molecule has 21 heavy (non-hydrogen) atoms. The molecule has 0 bridgehead atoms. The van der Waals surface area contributed by atoms with Crippen LogP contribution in [-0.4, -0.2) is 47.5 Å². The molecule has 2 heterocycles. The summed E-state index contributed by atoms with van der Waals surface area (Å²) >= 11 is 0. The molecule has 0 aromatic carbocycles. The highest BCUT2D eigenvalue weighted by Gasteiger charge is 2.28. The van der Waals surface area contributed by atoms with Crippen molar-refractivity contribution in [1.29, 1.82) is 0 Å². The van der Waals surface area contributed by atoms with Crippen LogP contribution in [0.3, 0.4) is 0 Å². The van der Waals surface area contributed by atoms with E-state index in [2.05, 4.69) is 21.8 Å². The average Bonchev–Trinajstić information content (AvgIpc) is 2.52. The van der Waals surface area contributed by atoms with Crippen LogP contribution in [0.2, 0.25) is 0 Å². The van der Waals surface area contributed by atoms with Crippen molar-refractivity contribution >= 4 is 11.9 Å². The van der Waals surface area contributed by atoms with Crippen LogP contribution in [0, 0.1) is 12.8 Å². The molecule has 1 fully saturated rings. The molecule has 1 aromatic heterocycles. The van der Waals surface area contributed by atoms with Gasteiger partial charge >= 0.3 is 0 Å². The van der Waals surface area contributed by atoms with Gasteiger partial charge in [0.25, 0.3) is 0 Å². The Labute approximate surface area is 127 Å². The summed E-state index contributed by atoms with van der Waals surface area (Å²) in [4.78, 5) is 25.4. The van der Waals surface area contributed by atoms with Crippen molar-refractivity contribution in [2.45, 2.75) is 39.5 Å². The Bertz CT molecular complexity index is 477. The molecule has 5 heteroatoms. The number of carbonyl (C=O) groups is 1. The standard InChI is InChI=1S/C16H26N4O/c1-4-5-10-19(3)15(21)14-7-6-11-20(12-14)16-17-9-8-13(2)18-16/h8-9,14H,4-7,10-12H2,1-3H3. The second-order valence-electron chi connectivity index (χ2n) is 5.90. The van der Waals surface area contributed by atoms with E-state index in [0.717, 1.165) is 57.0 Å². The van der Waals surface area contributed by atoms with Gasteiger partial charge in [-0.2, -0.15) is 0 Å². The molecule has 1 aliphatic heterocycles. The van der Waals surface area contributed by atoms with Gasteiger partial charge in [0.05, 0.1) is 5.92 Å². The summed E-state index contributed by atoms with van der Waals surface area (Å²) in [7, 11) is 1.92. The second-order valence-corrected chi connectivity index (χ2v) is 5.90. The number of amides is 1. The highest BCUT2D eigenvalue weighted by molar-refractivity contribution is 5.79. The predicted molar refractivity (Wildman–Crippen MR) is 84.3 cm³/mol. The van der Waals surface area contributed by atoms with E-state index in [1.54, 1.807) is 6.20 Å². The molecule has 1 amide bonds. The molecule has 116 valence electrons. The first-order chi connectivity index (χ1) is 10.1. The number of rotatable bonds is 5. The van der Waals surface area contributed by atoms with Crippen LogP contribution in [0.4, 0.5) is 5.95 Å². The van der Waals surface area contributed by atoms with E-state index in [0.29, 0.717) is 0 Å². The van der Waals surface area contributed by atoms with Crippen LogP contribution in [0.5, 0.6) is 0 Å². The number of aryl methyl sites for hydroxylation is 1. The second kappa shape index (κ2) is 7.38. The van der Waals surface area contributed by atoms with Crippen LogP contribution in [0.1, 0.15) is 38.3 Å². The van der Waals surface area contributed by atoms with Crippen LogP contribution in [-0.2, 0) is 4.79 Å². The van der Waals surface area contributed by atoms with Gasteiger partial charge in [0.2, 0.25) is 11.9 Å². The van der Waals surface area contributed by atoms with Gasteiger partial charge in [0.1, 0.15) is 0 Å². The molecule has 0 spiro atoms. The van der Waals surface area contributed by atoms with Gasteiger partial charge in [-0.05, 0) is 32.3 Å². The third-order valence-electron chi connectivity index (χ3n) is 4.06. The lowest BCUT2D eigenvalue weighted by molar-refractivity contribution is -0.134. The van der Waals surface area contributed by atoms with E-state index < -0.39 is 0 Å². The van der Waals surface area contributed by atoms with Crippen molar-refractivity contribution < 1.29 is 4.79 Å². The molecule has 0 aliphatic carbocycles. The molecule has 2 rings (SSSR count). The SMILES string of the molecule is CCCCN(C)C(=O)C1CCCN(c2nccc(C)n2)C1. The molecule has 1 atom stereocenters. The number of unbranched alkanes of at least 4 members (excludes halogenated alkanes) is 1. The monoisotopic (exact) mass is 290 g/mol. The fourth-order valence-corrected chi connectivity index (χ4v) is 2.77. The smallest absolute Gasteiger partial charge is 0.227 e. The summed E-state index contributed by atoms with van der Waals surface area (Å²) in [5.41, 5.74) is 0.966. The van der Waals surface area contributed by atoms with E-state index in [1.807, 2.05) is 24.9 Å². The third kappa shape index (κ3) is 4.16. The number of hydrogen-bond donors (Lipinski definition) is 0. The number of carbonyl (C=O) groups excluding carboxylic acids is 1. The highest BCUT2D eigenvalue weighted by Crippen LogP contribution is 2.22. The summed E-state index contributed by atoms with van der Waals surface area (Å²) in [5, 5.41) is 0. The first-order valence-electron chi connectivity index (χ1n) is 7.91. The summed E-state index contributed by atoms with van der Waals surface area (Å²) in [5.74, 6) is 1.09. The Balaban J connectivity index is 1.98. The van der Waals surface area contributed by atoms with E-state index in [9.17, 15) is 4.79 Å². The zero-order chi connectivity index (χ0) is 15.2. The van der Waals surface area contributed by atoms with Crippen LogP contribution in [0.25, 0.3) is 0 Å². The van der Waals surface area contributed by atoms with Crippen molar-refractivity contribution in [2.24, 2.45) is 5.92 Å².